The van der Waals surface area contributed by atoms with Crippen molar-refractivity contribution >= 4 is 6.48 Å². The van der Waals surface area contributed by atoms with Gasteiger partial charge in [0.25, 0.3) is 0 Å². The molecule has 0 unspecified atom stereocenters. The van der Waals surface area contributed by atoms with Gasteiger partial charge in [-0.2, -0.15) is 0 Å². The van der Waals surface area contributed by atoms with Crippen LogP contribution in [0.5, 0.6) is 0 Å². The molecule has 10 rings (SSSR count). The zero-order valence-corrected chi connectivity index (χ0v) is 44.0. The monoisotopic (exact) mass is 1000 g/mol. The van der Waals surface area contributed by atoms with Crippen LogP contribution >= 0.6 is 0 Å². The van der Waals surface area contributed by atoms with Gasteiger partial charge >= 0.3 is 404 Å². The zero-order chi connectivity index (χ0) is 45.4. The van der Waals surface area contributed by atoms with E-state index in [0.717, 1.165) is 6.42 Å². The third kappa shape index (κ3) is 9.61. The molecule has 0 aromatic heterocycles. The van der Waals surface area contributed by atoms with Crippen molar-refractivity contribution < 1.29 is 46.1 Å². The quantitative estimate of drug-likeness (QED) is 0.128. The van der Waals surface area contributed by atoms with E-state index in [4.69, 9.17) is 0 Å². The van der Waals surface area contributed by atoms with E-state index in [0.29, 0.717) is 3.63 Å². The average Bonchev–Trinajstić information content (AvgIpc) is 4.01. The van der Waals surface area contributed by atoms with Crippen LogP contribution in [0.1, 0.15) is 97.9 Å². The number of allylic oxidation sites excluding steroid dienone is 4. The van der Waals surface area contributed by atoms with Gasteiger partial charge in [0.05, 0.1) is 0 Å². The molecule has 0 heterocycles. The van der Waals surface area contributed by atoms with Crippen LogP contribution in [0.25, 0.3) is 33.4 Å². The maximum atomic E-state index is 2.64. The Kier molecular flexibility index (Phi) is 14.9. The minimum atomic E-state index is -3.40. The van der Waals surface area contributed by atoms with Crippen LogP contribution in [0.15, 0.2) is 224 Å². The first-order valence-electron chi connectivity index (χ1n) is 23.8. The molecule has 2 aliphatic rings. The normalized spacial score (nSPS) is 12.8. The predicted octanol–water partition coefficient (Wildman–Crippen LogP) is 10.2. The number of hydrogen-bond acceptors (Lipinski definition) is 0. The second-order valence-corrected chi connectivity index (χ2v) is 26.7. The molecule has 0 fully saturated rings. The summed E-state index contributed by atoms with van der Waals surface area (Å²) in [5, 5.41) is 0. The van der Waals surface area contributed by atoms with Crippen LogP contribution in [0.4, 0.5) is 0 Å². The van der Waals surface area contributed by atoms with Crippen molar-refractivity contribution in [2.75, 3.05) is 0 Å². The van der Waals surface area contributed by atoms with Gasteiger partial charge in [-0.05, 0) is 0 Å². The number of rotatable bonds is 10. The number of benzene rings is 8. The molecule has 68 heavy (non-hydrogen) atoms. The van der Waals surface area contributed by atoms with Crippen LogP contribution in [0.3, 0.4) is 0 Å². The molecule has 3 heteroatoms. The summed E-state index contributed by atoms with van der Waals surface area (Å²) >= 11 is -3.40. The zero-order valence-electron chi connectivity index (χ0n) is 40.1. The van der Waals surface area contributed by atoms with Crippen LogP contribution < -0.4 is 28.1 Å². The molecule has 0 atom stereocenters. The Labute approximate surface area is 425 Å². The van der Waals surface area contributed by atoms with Gasteiger partial charge in [0, 0.05) is 0 Å². The Morgan fingerprint density at radius 3 is 1.24 bits per heavy atom. The maximum Gasteiger partial charge on any atom is -1.00 e. The fraction of sp³-hybridized carbons (Fsp3) is 0.185. The Bertz CT molecular complexity index is 2910. The van der Waals surface area contributed by atoms with E-state index < -0.39 is 21.3 Å². The molecule has 0 aliphatic heterocycles. The van der Waals surface area contributed by atoms with E-state index in [1.165, 1.54) is 72.3 Å². The molecular weight excluding hydrogens is 943 g/mol. The summed E-state index contributed by atoms with van der Waals surface area (Å²) in [6, 6.07) is 76.3. The molecule has 0 nitrogen and oxygen atoms in total. The third-order valence-electron chi connectivity index (χ3n) is 13.9. The summed E-state index contributed by atoms with van der Waals surface area (Å²) in [6.07, 6.45) is 10.7. The average molecular weight is 1000 g/mol. The van der Waals surface area contributed by atoms with Crippen molar-refractivity contribution in [3.8, 4) is 33.4 Å². The second kappa shape index (κ2) is 20.7. The van der Waals surface area contributed by atoms with Crippen molar-refractivity contribution in [1.82, 2.24) is 0 Å². The predicted molar refractivity (Wildman–Crippen MR) is 279 cm³/mol. The second-order valence-electron chi connectivity index (χ2n) is 20.3. The smallest absolute Gasteiger partial charge is 1.00 e. The van der Waals surface area contributed by atoms with Crippen LogP contribution in [-0.4, -0.2) is 3.21 Å². The van der Waals surface area contributed by atoms with Gasteiger partial charge in [-0.3, -0.25) is 0 Å². The number of fused-ring (bicyclic) bond motifs is 3. The van der Waals surface area contributed by atoms with Crippen molar-refractivity contribution in [3.63, 3.8) is 0 Å². The van der Waals surface area contributed by atoms with Crippen LogP contribution in [-0.2, 0) is 38.5 Å². The molecule has 0 bridgehead atoms. The summed E-state index contributed by atoms with van der Waals surface area (Å²) in [6.45, 7) is 14.5. The fourth-order valence-electron chi connectivity index (χ4n) is 10.9. The van der Waals surface area contributed by atoms with E-state index in [1.54, 1.807) is 12.0 Å². The van der Waals surface area contributed by atoms with Crippen LogP contribution in [0, 0.1) is 0 Å². The molecule has 0 radical (unpaired) electrons. The maximum absolute atomic E-state index is 3.40. The number of hydrogen-bond donors (Lipinski definition) is 0. The standard InChI is InChI=1S/C33H33.C27H22.C5H5.2ClH.Zr/c1-32(2,3)30-20-26-24(18-28(30)22-13-9-7-10-14-22)17-25-19-29(23-15-11-8-12-16-23)31(21-27(25)26)33(4,5)6;1-5-13-22(14-6-1)26(23-15-7-2-8-16-23)21-27(24-17-9-3-10-18-24)25-19-11-4-12-20-25;1-2-4-5-3-1;;;/h7-16,18,20-21H,17H2,1-6H3;1-20,26-27H;1-5H;2*1H;/q;;;;;+2/p-2. The van der Waals surface area contributed by atoms with Crippen molar-refractivity contribution in [2.45, 2.75) is 74.3 Å². The SMILES string of the molecule is CC(C)(C)c1cc2c(cc1-c1ccccc1)Cc1c-2cc(C(C)(C)C)c(-c2ccccc2)[c]1[Zr+2](=[C](C(c1ccccc1)c1ccccc1)C(c1ccccc1)c1ccccc1)[CH]1C=CC=C1.[Cl-].[Cl-]. The molecule has 0 saturated carbocycles. The van der Waals surface area contributed by atoms with E-state index in [1.807, 2.05) is 0 Å². The topological polar surface area (TPSA) is 0 Å². The first-order chi connectivity index (χ1) is 32.1. The minimum absolute atomic E-state index is 0. The van der Waals surface area contributed by atoms with Gasteiger partial charge < -0.3 is 24.8 Å². The third-order valence-corrected chi connectivity index (χ3v) is 22.1. The molecule has 0 amide bonds. The first-order valence-corrected chi connectivity index (χ1v) is 27.7. The van der Waals surface area contributed by atoms with E-state index in [2.05, 4.69) is 266 Å². The summed E-state index contributed by atoms with van der Waals surface area (Å²) in [5.74, 6) is 0.0984. The van der Waals surface area contributed by atoms with Gasteiger partial charge in [0.2, 0.25) is 0 Å². The van der Waals surface area contributed by atoms with Gasteiger partial charge in [-0.1, -0.05) is 0 Å². The summed E-state index contributed by atoms with van der Waals surface area (Å²) < 4.78 is 3.64. The summed E-state index contributed by atoms with van der Waals surface area (Å²) in [7, 11) is 0. The molecule has 8 aromatic carbocycles. The number of halogens is 2. The van der Waals surface area contributed by atoms with Crippen molar-refractivity contribution in [1.29, 1.82) is 0 Å². The van der Waals surface area contributed by atoms with Crippen LogP contribution in [0.2, 0.25) is 3.63 Å². The minimum Gasteiger partial charge on any atom is -1.00 e. The van der Waals surface area contributed by atoms with Gasteiger partial charge in [-0.25, -0.2) is 0 Å². The molecule has 338 valence electrons. The van der Waals surface area contributed by atoms with E-state index in [9.17, 15) is 0 Å². The van der Waals surface area contributed by atoms with Crippen molar-refractivity contribution in [3.05, 3.63) is 269 Å². The molecular formula is C65H60Cl2Zr. The van der Waals surface area contributed by atoms with Crippen molar-refractivity contribution in [2.24, 2.45) is 0 Å². The molecule has 0 N–H and O–H groups in total. The molecule has 0 saturated heterocycles. The van der Waals surface area contributed by atoms with Gasteiger partial charge in [0.15, 0.2) is 0 Å². The Morgan fingerprint density at radius 2 is 0.824 bits per heavy atom. The van der Waals surface area contributed by atoms with Gasteiger partial charge in [0.1, 0.15) is 0 Å². The Hall–Kier alpha value is -5.43. The Balaban J connectivity index is 0.00000312. The van der Waals surface area contributed by atoms with E-state index >= 15 is 0 Å². The molecule has 8 aromatic rings. The first kappa shape index (κ1) is 49.0. The molecule has 0 spiro atoms. The molecule has 2 aliphatic carbocycles. The summed E-state index contributed by atoms with van der Waals surface area (Å²) in [5.41, 5.74) is 19.3. The summed E-state index contributed by atoms with van der Waals surface area (Å²) in [4.78, 5) is 0. The fourth-order valence-corrected chi connectivity index (χ4v) is 20.8. The largest absolute Gasteiger partial charge is 1.00 e. The Morgan fingerprint density at radius 1 is 0.441 bits per heavy atom. The van der Waals surface area contributed by atoms with Gasteiger partial charge in [-0.15, -0.1) is 0 Å². The van der Waals surface area contributed by atoms with E-state index in [-0.39, 0.29) is 47.5 Å².